The molecule has 0 saturated carbocycles. The Kier molecular flexibility index (Phi) is 15.0. The third kappa shape index (κ3) is 9.13. The fraction of sp³-hybridized carbons (Fsp3) is 0.696. The molecule has 0 amide bonds. The summed E-state index contributed by atoms with van der Waals surface area (Å²) in [6.07, 6.45) is 1.51. The Labute approximate surface area is 215 Å². The maximum atomic E-state index is 14.2. The van der Waals surface area contributed by atoms with Crippen molar-refractivity contribution in [3.8, 4) is 0 Å². The van der Waals surface area contributed by atoms with Gasteiger partial charge in [-0.05, 0) is 64.3 Å². The average Bonchev–Trinajstić information content (AvgIpc) is 2.79. The van der Waals surface area contributed by atoms with Crippen LogP contribution in [0.1, 0.15) is 38.8 Å². The molecule has 0 aliphatic heterocycles. The van der Waals surface area contributed by atoms with Crippen molar-refractivity contribution in [2.75, 3.05) is 55.7 Å². The van der Waals surface area contributed by atoms with Crippen LogP contribution in [0.3, 0.4) is 0 Å². The maximum Gasteiger partial charge on any atom is 0.278 e. The van der Waals surface area contributed by atoms with Gasteiger partial charge < -0.3 is 28.9 Å². The third-order valence-electron chi connectivity index (χ3n) is 5.60. The average molecular weight is 537 g/mol. The number of benzene rings is 1. The Morgan fingerprint density at radius 1 is 1.15 bits per heavy atom. The fourth-order valence-corrected chi connectivity index (χ4v) is 6.93. The summed E-state index contributed by atoms with van der Waals surface area (Å²) >= 11 is 12.0. The lowest BCUT2D eigenvalue weighted by molar-refractivity contribution is -0.168. The number of hydrogen-bond donors (Lipinski definition) is 1. The molecule has 194 valence electrons. The molecule has 1 unspecified atom stereocenters. The molecule has 0 aromatic heterocycles. The number of carbonyl (C=O) groups is 1. The molecular weight excluding hydrogens is 497 g/mol. The van der Waals surface area contributed by atoms with E-state index < -0.39 is 12.9 Å². The molecule has 0 saturated heterocycles. The summed E-state index contributed by atoms with van der Waals surface area (Å²) < 4.78 is 31.7. The van der Waals surface area contributed by atoms with Crippen LogP contribution in [0.5, 0.6) is 0 Å². The van der Waals surface area contributed by atoms with Crippen molar-refractivity contribution in [1.29, 1.82) is 0 Å². The van der Waals surface area contributed by atoms with Crippen LogP contribution in [0, 0.1) is 6.92 Å². The largest absolute Gasteiger partial charge is 0.369 e. The van der Waals surface area contributed by atoms with Crippen molar-refractivity contribution in [1.82, 2.24) is 5.23 Å². The smallest absolute Gasteiger partial charge is 0.278 e. The van der Waals surface area contributed by atoms with Crippen molar-refractivity contribution < 1.29 is 23.4 Å². The molecule has 0 aliphatic carbocycles. The first kappa shape index (κ1) is 31.4. The van der Waals surface area contributed by atoms with Gasteiger partial charge in [-0.3, -0.25) is 4.57 Å². The van der Waals surface area contributed by atoms with Gasteiger partial charge in [0.1, 0.15) is 0 Å². The van der Waals surface area contributed by atoms with E-state index in [1.54, 1.807) is 13.8 Å². The lowest BCUT2D eigenvalue weighted by Crippen LogP contribution is -2.43. The first-order valence-electron chi connectivity index (χ1n) is 11.9. The minimum Gasteiger partial charge on any atom is -0.369 e. The summed E-state index contributed by atoms with van der Waals surface area (Å²) in [6.45, 7) is 11.5. The highest BCUT2D eigenvalue weighted by Gasteiger charge is 2.48. The Hall–Kier alpha value is -0.595. The Balaban J connectivity index is 3.32. The number of hydrogen-bond acceptors (Lipinski definition) is 7. The van der Waals surface area contributed by atoms with Crippen LogP contribution in [-0.4, -0.2) is 76.0 Å². The van der Waals surface area contributed by atoms with E-state index in [4.69, 9.17) is 37.2 Å². The zero-order valence-electron chi connectivity index (χ0n) is 21.1. The summed E-state index contributed by atoms with van der Waals surface area (Å²) in [7, 11) is -3.30. The van der Waals surface area contributed by atoms with Crippen molar-refractivity contribution in [3.05, 3.63) is 29.3 Å². The van der Waals surface area contributed by atoms with E-state index in [1.165, 1.54) is 0 Å². The van der Waals surface area contributed by atoms with Gasteiger partial charge in [0, 0.05) is 56.0 Å². The molecule has 1 rings (SSSR count). The first-order chi connectivity index (χ1) is 16.2. The molecule has 1 N–H and O–H groups in total. The van der Waals surface area contributed by atoms with Gasteiger partial charge in [0.25, 0.3) is 14.8 Å². The first-order valence-corrected chi connectivity index (χ1v) is 14.8. The highest BCUT2D eigenvalue weighted by molar-refractivity contribution is 7.60. The van der Waals surface area contributed by atoms with Crippen molar-refractivity contribution in [2.45, 2.75) is 52.6 Å². The monoisotopic (exact) mass is 536 g/mol. The molecule has 1 aromatic rings. The normalized spacial score (nSPS) is 14.4. The molecule has 0 radical (unpaired) electrons. The van der Waals surface area contributed by atoms with Gasteiger partial charge in [-0.1, -0.05) is 6.07 Å². The molecular formula is C23H40BCl2N2O5P. The SMILES string of the molecule is CCOC(C)(OCC)P(=O)(C[C@@H](Cc1cc(N(CCCl)CCCl)ccc1C)NBC=O)OCC. The van der Waals surface area contributed by atoms with Crippen LogP contribution in [-0.2, 0) is 29.8 Å². The van der Waals surface area contributed by atoms with Gasteiger partial charge >= 0.3 is 0 Å². The number of carbonyl (C=O) groups excluding carboxylic acids is 1. The van der Waals surface area contributed by atoms with E-state index in [2.05, 4.69) is 28.3 Å². The highest BCUT2D eigenvalue weighted by Crippen LogP contribution is 2.60. The van der Waals surface area contributed by atoms with Crippen LogP contribution in [0.4, 0.5) is 5.69 Å². The maximum absolute atomic E-state index is 14.2. The quantitative estimate of drug-likeness (QED) is 0.0923. The number of halogens is 2. The molecule has 34 heavy (non-hydrogen) atoms. The summed E-state index contributed by atoms with van der Waals surface area (Å²) in [5, 5.41) is 3.23. The number of ether oxygens (including phenoxy) is 2. The molecule has 0 heterocycles. The second-order valence-electron chi connectivity index (χ2n) is 7.99. The third-order valence-corrected chi connectivity index (χ3v) is 9.04. The molecule has 0 fully saturated rings. The van der Waals surface area contributed by atoms with Gasteiger partial charge in [0.2, 0.25) is 5.53 Å². The van der Waals surface area contributed by atoms with Crippen LogP contribution in [0.25, 0.3) is 0 Å². The molecule has 1 aromatic carbocycles. The van der Waals surface area contributed by atoms with Gasteiger partial charge in [-0.15, -0.1) is 23.2 Å². The van der Waals surface area contributed by atoms with Crippen molar-refractivity contribution in [3.63, 3.8) is 0 Å². The minimum absolute atomic E-state index is 0.139. The highest BCUT2D eigenvalue weighted by atomic mass is 35.5. The minimum atomic E-state index is -3.44. The Morgan fingerprint density at radius 2 is 1.76 bits per heavy atom. The molecule has 7 nitrogen and oxygen atoms in total. The molecule has 0 aliphatic rings. The summed E-state index contributed by atoms with van der Waals surface area (Å²) in [6, 6.07) is 5.92. The van der Waals surface area contributed by atoms with Gasteiger partial charge in [0.05, 0.1) is 12.8 Å². The lowest BCUT2D eigenvalue weighted by atomic mass is 9.93. The van der Waals surface area contributed by atoms with Crippen LogP contribution in [0.15, 0.2) is 18.2 Å². The predicted molar refractivity (Wildman–Crippen MR) is 145 cm³/mol. The Morgan fingerprint density at radius 3 is 2.26 bits per heavy atom. The number of rotatable bonds is 19. The van der Waals surface area contributed by atoms with Crippen molar-refractivity contribution in [2.24, 2.45) is 0 Å². The zero-order valence-corrected chi connectivity index (χ0v) is 23.6. The van der Waals surface area contributed by atoms with Gasteiger partial charge in [-0.25, -0.2) is 0 Å². The molecule has 2 atom stereocenters. The number of nitrogens with zero attached hydrogens (tertiary/aromatic N) is 1. The van der Waals surface area contributed by atoms with Crippen LogP contribution < -0.4 is 10.1 Å². The molecule has 0 bridgehead atoms. The van der Waals surface area contributed by atoms with Crippen molar-refractivity contribution >= 4 is 49.9 Å². The number of anilines is 1. The Bertz CT molecular complexity index is 778. The summed E-state index contributed by atoms with van der Waals surface area (Å²) in [4.78, 5) is 13.3. The van der Waals surface area contributed by atoms with E-state index in [-0.39, 0.29) is 26.2 Å². The number of nitrogens with one attached hydrogen (secondary N) is 1. The van der Waals surface area contributed by atoms with Gasteiger partial charge in [-0.2, -0.15) is 0 Å². The lowest BCUT2D eigenvalue weighted by Gasteiger charge is -2.38. The predicted octanol–water partition coefficient (Wildman–Crippen LogP) is 4.38. The van der Waals surface area contributed by atoms with E-state index in [0.29, 0.717) is 44.5 Å². The van der Waals surface area contributed by atoms with E-state index in [0.717, 1.165) is 23.0 Å². The van der Waals surface area contributed by atoms with E-state index in [1.807, 2.05) is 20.8 Å². The van der Waals surface area contributed by atoms with Crippen LogP contribution >= 0.6 is 30.6 Å². The zero-order chi connectivity index (χ0) is 25.6. The van der Waals surface area contributed by atoms with E-state index >= 15 is 0 Å². The second-order valence-corrected chi connectivity index (χ2v) is 11.5. The fourth-order valence-electron chi connectivity index (χ4n) is 3.94. The topological polar surface area (TPSA) is 77.1 Å². The van der Waals surface area contributed by atoms with Crippen LogP contribution in [0.2, 0.25) is 0 Å². The second kappa shape index (κ2) is 16.2. The standard InChI is InChI=1S/C23H40BCl2N2O5P/c1-6-31-23(5,32-7-2)34(30,33-8-3)17-21(27-24-18-29)15-20-16-22(10-9-19(20)4)28(13-11-25)14-12-26/h9-10,16,18,21,24,27H,6-8,11-15,17H2,1-5H3/t21-,34?/m1/s1. The number of aryl methyl sites for hydroxylation is 1. The molecule has 11 heteroatoms. The molecule has 0 spiro atoms. The number of alkyl halides is 2. The summed E-state index contributed by atoms with van der Waals surface area (Å²) in [5.74, 6) is 0.989. The van der Waals surface area contributed by atoms with Gasteiger partial charge in [0.15, 0.2) is 0 Å². The van der Waals surface area contributed by atoms with E-state index in [9.17, 15) is 9.36 Å². The summed E-state index contributed by atoms with van der Waals surface area (Å²) in [5.41, 5.74) is 1.83.